The molecule has 0 aromatic rings. The minimum Gasteiger partial charge on any atom is -0.316 e. The molecule has 0 saturated heterocycles. The zero-order valence-electron chi connectivity index (χ0n) is 7.21. The molecular weight excluding hydrogens is 146 g/mol. The topological polar surface area (TPSA) is 12.0 Å². The fourth-order valence-electron chi connectivity index (χ4n) is 0.651. The van der Waals surface area contributed by atoms with Crippen LogP contribution in [0.4, 0.5) is 0 Å². The van der Waals surface area contributed by atoms with Crippen LogP contribution in [0.5, 0.6) is 0 Å². The number of halogens is 1. The van der Waals surface area contributed by atoms with Crippen LogP contribution >= 0.6 is 11.6 Å². The van der Waals surface area contributed by atoms with E-state index in [9.17, 15) is 0 Å². The normalized spacial score (nSPS) is 12.0. The van der Waals surface area contributed by atoms with Gasteiger partial charge >= 0.3 is 0 Å². The highest BCUT2D eigenvalue weighted by molar-refractivity contribution is 6.18. The predicted octanol–water partition coefficient (Wildman–Crippen LogP) is 2.25. The fourth-order valence-corrected chi connectivity index (χ4v) is 0.745. The van der Waals surface area contributed by atoms with E-state index in [0.29, 0.717) is 0 Å². The molecule has 1 N–H and O–H groups in total. The van der Waals surface area contributed by atoms with E-state index in [-0.39, 0.29) is 5.41 Å². The Kier molecular flexibility index (Phi) is 5.10. The predicted molar refractivity (Wildman–Crippen MR) is 47.7 cm³/mol. The number of alkyl halides is 1. The van der Waals surface area contributed by atoms with Crippen molar-refractivity contribution in [2.45, 2.75) is 27.2 Å². The van der Waals surface area contributed by atoms with Gasteiger partial charge in [0.2, 0.25) is 0 Å². The standard InChI is InChI=1S/C8H18ClN/c1-4-5-10-7-8(2,3)6-9/h10H,4-7H2,1-3H3. The molecule has 0 aliphatic heterocycles. The van der Waals surface area contributed by atoms with Crippen LogP contribution in [0.2, 0.25) is 0 Å². The molecule has 0 heterocycles. The molecule has 0 aliphatic carbocycles. The third-order valence-electron chi connectivity index (χ3n) is 1.39. The minimum absolute atomic E-state index is 0.247. The molecule has 0 saturated carbocycles. The summed E-state index contributed by atoms with van der Waals surface area (Å²) >= 11 is 5.73. The zero-order chi connectivity index (χ0) is 8.04. The fraction of sp³-hybridized carbons (Fsp3) is 1.00. The first-order valence-corrected chi connectivity index (χ1v) is 4.42. The molecule has 10 heavy (non-hydrogen) atoms. The Balaban J connectivity index is 3.28. The zero-order valence-corrected chi connectivity index (χ0v) is 7.96. The molecule has 0 aromatic heterocycles. The summed E-state index contributed by atoms with van der Waals surface area (Å²) in [5.41, 5.74) is 0.247. The van der Waals surface area contributed by atoms with Gasteiger partial charge in [-0.05, 0) is 18.4 Å². The summed E-state index contributed by atoms with van der Waals surface area (Å²) < 4.78 is 0. The van der Waals surface area contributed by atoms with Crippen LogP contribution < -0.4 is 5.32 Å². The lowest BCUT2D eigenvalue weighted by molar-refractivity contribution is 0.386. The monoisotopic (exact) mass is 163 g/mol. The van der Waals surface area contributed by atoms with Gasteiger partial charge in [0.05, 0.1) is 0 Å². The quantitative estimate of drug-likeness (QED) is 0.484. The molecule has 62 valence electrons. The van der Waals surface area contributed by atoms with Crippen LogP contribution in [0, 0.1) is 5.41 Å². The lowest BCUT2D eigenvalue weighted by Crippen LogP contribution is -2.31. The van der Waals surface area contributed by atoms with Crippen LogP contribution in [0.15, 0.2) is 0 Å². The third kappa shape index (κ3) is 5.07. The van der Waals surface area contributed by atoms with Crippen molar-refractivity contribution < 1.29 is 0 Å². The van der Waals surface area contributed by atoms with E-state index in [2.05, 4.69) is 26.1 Å². The number of nitrogens with one attached hydrogen (secondary N) is 1. The summed E-state index contributed by atoms with van der Waals surface area (Å²) in [6, 6.07) is 0. The van der Waals surface area contributed by atoms with Gasteiger partial charge in [-0.3, -0.25) is 0 Å². The van der Waals surface area contributed by atoms with Crippen LogP contribution in [-0.2, 0) is 0 Å². The van der Waals surface area contributed by atoms with Gasteiger partial charge in [-0.25, -0.2) is 0 Å². The Morgan fingerprint density at radius 1 is 1.40 bits per heavy atom. The van der Waals surface area contributed by atoms with Crippen molar-refractivity contribution >= 4 is 11.6 Å². The molecule has 0 spiro atoms. The van der Waals surface area contributed by atoms with Crippen molar-refractivity contribution in [3.8, 4) is 0 Å². The van der Waals surface area contributed by atoms with Gasteiger partial charge in [0.25, 0.3) is 0 Å². The van der Waals surface area contributed by atoms with Gasteiger partial charge in [0.1, 0.15) is 0 Å². The second-order valence-corrected chi connectivity index (χ2v) is 3.74. The Morgan fingerprint density at radius 3 is 2.40 bits per heavy atom. The van der Waals surface area contributed by atoms with E-state index in [1.807, 2.05) is 0 Å². The van der Waals surface area contributed by atoms with Crippen LogP contribution in [-0.4, -0.2) is 19.0 Å². The smallest absolute Gasteiger partial charge is 0.0286 e. The minimum atomic E-state index is 0.247. The van der Waals surface area contributed by atoms with Gasteiger partial charge in [0.15, 0.2) is 0 Å². The average Bonchev–Trinajstić information content (AvgIpc) is 1.89. The van der Waals surface area contributed by atoms with Crippen molar-refractivity contribution in [1.82, 2.24) is 5.32 Å². The summed E-state index contributed by atoms with van der Waals surface area (Å²) in [5.74, 6) is 0.726. The summed E-state index contributed by atoms with van der Waals surface area (Å²) in [6.45, 7) is 8.62. The largest absolute Gasteiger partial charge is 0.316 e. The highest BCUT2D eigenvalue weighted by Gasteiger charge is 2.14. The number of rotatable bonds is 5. The summed E-state index contributed by atoms with van der Waals surface area (Å²) in [4.78, 5) is 0. The molecule has 0 fully saturated rings. The molecule has 0 aliphatic rings. The molecule has 1 nitrogen and oxygen atoms in total. The van der Waals surface area contributed by atoms with Crippen LogP contribution in [0.1, 0.15) is 27.2 Å². The lowest BCUT2D eigenvalue weighted by atomic mass is 9.97. The molecule has 2 heteroatoms. The molecule has 0 aromatic carbocycles. The first kappa shape index (κ1) is 10.2. The van der Waals surface area contributed by atoms with E-state index in [0.717, 1.165) is 19.0 Å². The lowest BCUT2D eigenvalue weighted by Gasteiger charge is -2.21. The number of hydrogen-bond acceptors (Lipinski definition) is 1. The third-order valence-corrected chi connectivity index (χ3v) is 2.12. The maximum Gasteiger partial charge on any atom is 0.0286 e. The van der Waals surface area contributed by atoms with Crippen molar-refractivity contribution in [2.75, 3.05) is 19.0 Å². The van der Waals surface area contributed by atoms with E-state index in [1.165, 1.54) is 6.42 Å². The molecule has 0 bridgehead atoms. The maximum absolute atomic E-state index is 5.73. The van der Waals surface area contributed by atoms with E-state index < -0.39 is 0 Å². The van der Waals surface area contributed by atoms with Gasteiger partial charge in [-0.15, -0.1) is 11.6 Å². The van der Waals surface area contributed by atoms with Gasteiger partial charge in [-0.1, -0.05) is 20.8 Å². The highest BCUT2D eigenvalue weighted by atomic mass is 35.5. The molecule has 0 rings (SSSR count). The first-order valence-electron chi connectivity index (χ1n) is 3.89. The van der Waals surface area contributed by atoms with Crippen molar-refractivity contribution in [3.63, 3.8) is 0 Å². The molecule has 0 radical (unpaired) electrons. The van der Waals surface area contributed by atoms with Crippen molar-refractivity contribution in [2.24, 2.45) is 5.41 Å². The Labute approximate surface area is 69.1 Å². The van der Waals surface area contributed by atoms with E-state index in [1.54, 1.807) is 0 Å². The molecule has 0 unspecified atom stereocenters. The van der Waals surface area contributed by atoms with Crippen LogP contribution in [0.25, 0.3) is 0 Å². The molecule has 0 amide bonds. The molecular formula is C8H18ClN. The van der Waals surface area contributed by atoms with Crippen molar-refractivity contribution in [1.29, 1.82) is 0 Å². The highest BCUT2D eigenvalue weighted by Crippen LogP contribution is 2.14. The number of hydrogen-bond donors (Lipinski definition) is 1. The van der Waals surface area contributed by atoms with Gasteiger partial charge < -0.3 is 5.32 Å². The van der Waals surface area contributed by atoms with Gasteiger partial charge in [-0.2, -0.15) is 0 Å². The summed E-state index contributed by atoms with van der Waals surface area (Å²) in [5, 5.41) is 3.34. The SMILES string of the molecule is CCCNCC(C)(C)CCl. The average molecular weight is 164 g/mol. The Hall–Kier alpha value is 0.250. The van der Waals surface area contributed by atoms with Crippen molar-refractivity contribution in [3.05, 3.63) is 0 Å². The maximum atomic E-state index is 5.73. The summed E-state index contributed by atoms with van der Waals surface area (Å²) in [6.07, 6.45) is 1.19. The van der Waals surface area contributed by atoms with E-state index >= 15 is 0 Å². The molecule has 0 atom stereocenters. The van der Waals surface area contributed by atoms with E-state index in [4.69, 9.17) is 11.6 Å². The Bertz CT molecular complexity index is 81.3. The Morgan fingerprint density at radius 2 is 2.00 bits per heavy atom. The summed E-state index contributed by atoms with van der Waals surface area (Å²) in [7, 11) is 0. The van der Waals surface area contributed by atoms with Crippen LogP contribution in [0.3, 0.4) is 0 Å². The first-order chi connectivity index (χ1) is 4.62. The second kappa shape index (κ2) is 4.97. The second-order valence-electron chi connectivity index (χ2n) is 3.47. The van der Waals surface area contributed by atoms with Gasteiger partial charge in [0, 0.05) is 12.4 Å².